The summed E-state index contributed by atoms with van der Waals surface area (Å²) in [7, 11) is 0. The topological polar surface area (TPSA) is 76.2 Å². The van der Waals surface area contributed by atoms with Gasteiger partial charge in [0.25, 0.3) is 0 Å². The largest absolute Gasteiger partial charge is 0.481 e. The lowest BCUT2D eigenvalue weighted by molar-refractivity contribution is -0.137. The summed E-state index contributed by atoms with van der Waals surface area (Å²) in [5, 5.41) is 16.5. The molecular weight excluding hydrogens is 208 g/mol. The third kappa shape index (κ3) is 1.81. The molecule has 2 unspecified atom stereocenters. The summed E-state index contributed by atoms with van der Waals surface area (Å²) in [6.45, 7) is 0. The molecule has 1 aromatic heterocycles. The normalized spacial score (nSPS) is 31.4. The maximum Gasteiger partial charge on any atom is 0.303 e. The Morgan fingerprint density at radius 2 is 2.06 bits per heavy atom. The van der Waals surface area contributed by atoms with Crippen LogP contribution in [0.5, 0.6) is 0 Å². The van der Waals surface area contributed by atoms with Gasteiger partial charge < -0.3 is 9.52 Å². The Morgan fingerprint density at radius 3 is 2.75 bits per heavy atom. The summed E-state index contributed by atoms with van der Waals surface area (Å²) < 4.78 is 5.50. The van der Waals surface area contributed by atoms with Crippen LogP contribution < -0.4 is 0 Å². The monoisotopic (exact) mass is 222 g/mol. The van der Waals surface area contributed by atoms with Crippen LogP contribution in [-0.2, 0) is 11.2 Å². The number of fused-ring (bicyclic) bond motifs is 1. The molecule has 2 fully saturated rings. The predicted molar refractivity (Wildman–Crippen MR) is 53.8 cm³/mol. The summed E-state index contributed by atoms with van der Waals surface area (Å²) in [5.41, 5.74) is 0. The molecule has 2 atom stereocenters. The maximum absolute atomic E-state index is 10.4. The highest BCUT2D eigenvalue weighted by molar-refractivity contribution is 5.66. The number of hydrogen-bond donors (Lipinski definition) is 1. The molecule has 0 bridgehead atoms. The van der Waals surface area contributed by atoms with Crippen LogP contribution in [0.2, 0.25) is 0 Å². The second-order valence-electron chi connectivity index (χ2n) is 4.85. The zero-order valence-electron chi connectivity index (χ0n) is 8.93. The van der Waals surface area contributed by atoms with Crippen LogP contribution in [0.25, 0.3) is 0 Å². The van der Waals surface area contributed by atoms with E-state index in [0.29, 0.717) is 24.1 Å². The standard InChI is InChI=1S/C11H14N2O3/c14-10(15)2-1-9-12-13-11(16-9)8-4-6-3-7(6)5-8/h6-8H,1-5H2,(H,14,15). The van der Waals surface area contributed by atoms with Crippen LogP contribution in [0.1, 0.15) is 43.4 Å². The van der Waals surface area contributed by atoms with E-state index >= 15 is 0 Å². The molecule has 5 heteroatoms. The van der Waals surface area contributed by atoms with Gasteiger partial charge >= 0.3 is 5.97 Å². The van der Waals surface area contributed by atoms with Gasteiger partial charge in [0, 0.05) is 12.3 Å². The molecule has 2 saturated carbocycles. The van der Waals surface area contributed by atoms with Crippen molar-refractivity contribution in [3.63, 3.8) is 0 Å². The number of aliphatic carboxylic acids is 1. The number of carboxylic acids is 1. The molecule has 1 N–H and O–H groups in total. The van der Waals surface area contributed by atoms with Gasteiger partial charge in [-0.1, -0.05) is 0 Å². The molecule has 16 heavy (non-hydrogen) atoms. The smallest absolute Gasteiger partial charge is 0.303 e. The van der Waals surface area contributed by atoms with Crippen molar-refractivity contribution in [2.75, 3.05) is 0 Å². The molecule has 3 rings (SSSR count). The number of hydrogen-bond acceptors (Lipinski definition) is 4. The van der Waals surface area contributed by atoms with E-state index in [-0.39, 0.29) is 6.42 Å². The van der Waals surface area contributed by atoms with E-state index in [4.69, 9.17) is 9.52 Å². The molecule has 1 aromatic rings. The first kappa shape index (κ1) is 9.81. The van der Waals surface area contributed by atoms with Gasteiger partial charge in [-0.3, -0.25) is 4.79 Å². The number of aryl methyl sites for hydroxylation is 1. The molecule has 0 spiro atoms. The van der Waals surface area contributed by atoms with E-state index in [1.54, 1.807) is 0 Å². The summed E-state index contributed by atoms with van der Waals surface area (Å²) >= 11 is 0. The van der Waals surface area contributed by atoms with Gasteiger partial charge in [-0.25, -0.2) is 0 Å². The van der Waals surface area contributed by atoms with Gasteiger partial charge in [-0.15, -0.1) is 10.2 Å². The number of aromatic nitrogens is 2. The van der Waals surface area contributed by atoms with Crippen molar-refractivity contribution >= 4 is 5.97 Å². The Hall–Kier alpha value is -1.39. The minimum atomic E-state index is -0.832. The Kier molecular flexibility index (Phi) is 2.19. The van der Waals surface area contributed by atoms with Crippen molar-refractivity contribution in [1.82, 2.24) is 10.2 Å². The van der Waals surface area contributed by atoms with E-state index in [1.807, 2.05) is 0 Å². The Balaban J connectivity index is 1.61. The molecule has 86 valence electrons. The molecule has 0 saturated heterocycles. The Morgan fingerprint density at radius 1 is 1.31 bits per heavy atom. The molecule has 0 aromatic carbocycles. The second kappa shape index (κ2) is 3.57. The molecule has 1 heterocycles. The van der Waals surface area contributed by atoms with Crippen LogP contribution in [0.15, 0.2) is 4.42 Å². The summed E-state index contributed by atoms with van der Waals surface area (Å²) in [5.74, 6) is 2.54. The van der Waals surface area contributed by atoms with Gasteiger partial charge in [-0.05, 0) is 31.1 Å². The van der Waals surface area contributed by atoms with Crippen molar-refractivity contribution in [2.24, 2.45) is 11.8 Å². The quantitative estimate of drug-likeness (QED) is 0.837. The second-order valence-corrected chi connectivity index (χ2v) is 4.85. The van der Waals surface area contributed by atoms with Gasteiger partial charge in [0.1, 0.15) is 0 Å². The molecule has 0 radical (unpaired) electrons. The number of nitrogens with zero attached hydrogens (tertiary/aromatic N) is 2. The fourth-order valence-corrected chi connectivity index (χ4v) is 2.66. The highest BCUT2D eigenvalue weighted by Crippen LogP contribution is 2.57. The highest BCUT2D eigenvalue weighted by atomic mass is 16.4. The van der Waals surface area contributed by atoms with Gasteiger partial charge in [0.05, 0.1) is 6.42 Å². The molecular formula is C11H14N2O3. The van der Waals surface area contributed by atoms with Gasteiger partial charge in [0.15, 0.2) is 0 Å². The van der Waals surface area contributed by atoms with E-state index in [1.165, 1.54) is 19.3 Å². The summed E-state index contributed by atoms with van der Waals surface area (Å²) in [4.78, 5) is 10.4. The lowest BCUT2D eigenvalue weighted by Crippen LogP contribution is -1.97. The zero-order chi connectivity index (χ0) is 11.1. The molecule has 5 nitrogen and oxygen atoms in total. The third-order valence-corrected chi connectivity index (χ3v) is 3.63. The minimum Gasteiger partial charge on any atom is -0.481 e. The minimum absolute atomic E-state index is 0.0531. The predicted octanol–water partition coefficient (Wildman–Crippen LogP) is 1.60. The number of carboxylic acid groups (broad SMARTS) is 1. The van der Waals surface area contributed by atoms with Crippen molar-refractivity contribution in [3.8, 4) is 0 Å². The van der Waals surface area contributed by atoms with E-state index in [9.17, 15) is 4.79 Å². The first-order valence-corrected chi connectivity index (χ1v) is 5.76. The van der Waals surface area contributed by atoms with Crippen molar-refractivity contribution in [2.45, 2.75) is 38.0 Å². The van der Waals surface area contributed by atoms with Crippen LogP contribution >= 0.6 is 0 Å². The average molecular weight is 222 g/mol. The first-order valence-electron chi connectivity index (χ1n) is 5.76. The average Bonchev–Trinajstić information content (AvgIpc) is 2.71. The molecule has 2 aliphatic carbocycles. The van der Waals surface area contributed by atoms with Crippen LogP contribution in [0, 0.1) is 11.8 Å². The lowest BCUT2D eigenvalue weighted by atomic mass is 10.0. The summed E-state index contributed by atoms with van der Waals surface area (Å²) in [6, 6.07) is 0. The Labute approximate surface area is 92.9 Å². The lowest BCUT2D eigenvalue weighted by Gasteiger charge is -2.04. The van der Waals surface area contributed by atoms with E-state index in [0.717, 1.165) is 11.8 Å². The summed E-state index contributed by atoms with van der Waals surface area (Å²) in [6.07, 6.45) is 4.10. The van der Waals surface area contributed by atoms with Crippen molar-refractivity contribution in [3.05, 3.63) is 11.8 Å². The van der Waals surface area contributed by atoms with E-state index in [2.05, 4.69) is 10.2 Å². The van der Waals surface area contributed by atoms with Crippen LogP contribution in [0.3, 0.4) is 0 Å². The maximum atomic E-state index is 10.4. The fourth-order valence-electron chi connectivity index (χ4n) is 2.66. The number of carbonyl (C=O) groups is 1. The molecule has 0 aliphatic heterocycles. The fraction of sp³-hybridized carbons (Fsp3) is 0.727. The van der Waals surface area contributed by atoms with Crippen molar-refractivity contribution < 1.29 is 14.3 Å². The zero-order valence-corrected chi connectivity index (χ0v) is 8.93. The highest BCUT2D eigenvalue weighted by Gasteiger charge is 2.47. The first-order chi connectivity index (χ1) is 7.72. The molecule has 2 aliphatic rings. The van der Waals surface area contributed by atoms with Gasteiger partial charge in [0.2, 0.25) is 11.8 Å². The van der Waals surface area contributed by atoms with Crippen LogP contribution in [0.4, 0.5) is 0 Å². The third-order valence-electron chi connectivity index (χ3n) is 3.63. The van der Waals surface area contributed by atoms with Crippen molar-refractivity contribution in [1.29, 1.82) is 0 Å². The Bertz CT molecular complexity index is 405. The van der Waals surface area contributed by atoms with E-state index < -0.39 is 5.97 Å². The SMILES string of the molecule is O=C(O)CCc1nnc(C2CC3CC3C2)o1. The molecule has 0 amide bonds. The van der Waals surface area contributed by atoms with Crippen LogP contribution in [-0.4, -0.2) is 21.3 Å². The number of rotatable bonds is 4. The van der Waals surface area contributed by atoms with Gasteiger partial charge in [-0.2, -0.15) is 0 Å².